The average molecular weight is 136 g/mol. The average Bonchev–Trinajstić information content (AvgIpc) is 1.95. The van der Waals surface area contributed by atoms with Gasteiger partial charge < -0.3 is 0 Å². The van der Waals surface area contributed by atoms with Gasteiger partial charge in [-0.2, -0.15) is 0 Å². The zero-order chi connectivity index (χ0) is 7.40. The molecule has 0 fully saturated rings. The number of pyridine rings is 1. The summed E-state index contributed by atoms with van der Waals surface area (Å²) in [5.74, 6) is 0. The normalized spacial score (nSPS) is 10.5. The standard InChI is InChI=1S/C8H10NO/c1-2-3-8-4-6-9(10)7-5-8/h2-7,10H,1H3/q+1/b3-2+. The lowest BCUT2D eigenvalue weighted by Crippen LogP contribution is -2.27. The molecule has 0 aliphatic carbocycles. The van der Waals surface area contributed by atoms with Crippen molar-refractivity contribution < 1.29 is 9.94 Å². The Hall–Kier alpha value is -1.31. The Kier molecular flexibility index (Phi) is 2.05. The first-order valence-corrected chi connectivity index (χ1v) is 3.16. The Morgan fingerprint density at radius 1 is 1.40 bits per heavy atom. The topological polar surface area (TPSA) is 24.1 Å². The highest BCUT2D eigenvalue weighted by atomic mass is 16.5. The van der Waals surface area contributed by atoms with Gasteiger partial charge in [0.15, 0.2) is 0 Å². The van der Waals surface area contributed by atoms with Gasteiger partial charge in [0.25, 0.3) is 0 Å². The number of hydrogen-bond donors (Lipinski definition) is 1. The van der Waals surface area contributed by atoms with E-state index in [0.717, 1.165) is 10.3 Å². The summed E-state index contributed by atoms with van der Waals surface area (Å²) in [6.07, 6.45) is 7.11. The first-order valence-electron chi connectivity index (χ1n) is 3.16. The summed E-state index contributed by atoms with van der Waals surface area (Å²) in [6.45, 7) is 1.96. The van der Waals surface area contributed by atoms with E-state index in [1.807, 2.05) is 31.2 Å². The molecule has 2 nitrogen and oxygen atoms in total. The quantitative estimate of drug-likeness (QED) is 0.456. The predicted octanol–water partition coefficient (Wildman–Crippen LogP) is 1.24. The summed E-state index contributed by atoms with van der Waals surface area (Å²) in [7, 11) is 0. The van der Waals surface area contributed by atoms with Crippen molar-refractivity contribution in [3.8, 4) is 0 Å². The Bertz CT molecular complexity index is 226. The highest BCUT2D eigenvalue weighted by Crippen LogP contribution is 1.96. The fourth-order valence-corrected chi connectivity index (χ4v) is 0.734. The molecule has 1 rings (SSSR count). The lowest BCUT2D eigenvalue weighted by Gasteiger charge is -1.85. The minimum absolute atomic E-state index is 1.02. The molecule has 0 aliphatic rings. The minimum Gasteiger partial charge on any atom is -0.285 e. The maximum absolute atomic E-state index is 8.82. The first kappa shape index (κ1) is 6.81. The number of allylic oxidation sites excluding steroid dienone is 1. The van der Waals surface area contributed by atoms with E-state index < -0.39 is 0 Å². The molecule has 0 saturated carbocycles. The third-order valence-electron chi connectivity index (χ3n) is 1.20. The van der Waals surface area contributed by atoms with E-state index in [1.54, 1.807) is 12.4 Å². The Morgan fingerprint density at radius 2 is 2.00 bits per heavy atom. The molecule has 0 saturated heterocycles. The zero-order valence-corrected chi connectivity index (χ0v) is 5.86. The molecule has 1 N–H and O–H groups in total. The van der Waals surface area contributed by atoms with Crippen molar-refractivity contribution in [3.63, 3.8) is 0 Å². The van der Waals surface area contributed by atoms with E-state index in [-0.39, 0.29) is 0 Å². The molecule has 0 aromatic carbocycles. The van der Waals surface area contributed by atoms with Crippen molar-refractivity contribution in [1.82, 2.24) is 0 Å². The van der Waals surface area contributed by atoms with Crippen LogP contribution in [-0.4, -0.2) is 5.21 Å². The van der Waals surface area contributed by atoms with Gasteiger partial charge in [-0.25, -0.2) is 0 Å². The van der Waals surface area contributed by atoms with E-state index in [1.165, 1.54) is 0 Å². The monoisotopic (exact) mass is 136 g/mol. The third-order valence-corrected chi connectivity index (χ3v) is 1.20. The summed E-state index contributed by atoms with van der Waals surface area (Å²) >= 11 is 0. The molecule has 1 aromatic heterocycles. The van der Waals surface area contributed by atoms with Crippen LogP contribution in [0.25, 0.3) is 6.08 Å². The van der Waals surface area contributed by atoms with Gasteiger partial charge in [-0.1, -0.05) is 12.2 Å². The van der Waals surface area contributed by atoms with Gasteiger partial charge in [0, 0.05) is 16.9 Å². The van der Waals surface area contributed by atoms with Crippen molar-refractivity contribution >= 4 is 6.08 Å². The van der Waals surface area contributed by atoms with Crippen molar-refractivity contribution in [2.75, 3.05) is 0 Å². The van der Waals surface area contributed by atoms with E-state index in [4.69, 9.17) is 5.21 Å². The maximum Gasteiger partial charge on any atom is 0.222 e. The van der Waals surface area contributed by atoms with E-state index in [2.05, 4.69) is 0 Å². The smallest absolute Gasteiger partial charge is 0.222 e. The molecule has 0 unspecified atom stereocenters. The fourth-order valence-electron chi connectivity index (χ4n) is 0.734. The largest absolute Gasteiger partial charge is 0.285 e. The van der Waals surface area contributed by atoms with Crippen molar-refractivity contribution in [2.45, 2.75) is 6.92 Å². The molecular weight excluding hydrogens is 126 g/mol. The second-order valence-electron chi connectivity index (χ2n) is 2.01. The van der Waals surface area contributed by atoms with Gasteiger partial charge in [-0.3, -0.25) is 5.21 Å². The Balaban J connectivity index is 2.89. The lowest BCUT2D eigenvalue weighted by molar-refractivity contribution is -0.904. The molecule has 52 valence electrons. The number of rotatable bonds is 1. The van der Waals surface area contributed by atoms with Gasteiger partial charge in [0.2, 0.25) is 12.4 Å². The number of hydrogen-bond acceptors (Lipinski definition) is 1. The molecule has 10 heavy (non-hydrogen) atoms. The molecule has 2 heteroatoms. The molecule has 0 amide bonds. The molecule has 0 atom stereocenters. The highest BCUT2D eigenvalue weighted by Gasteiger charge is 1.91. The van der Waals surface area contributed by atoms with Crippen LogP contribution >= 0.6 is 0 Å². The highest BCUT2D eigenvalue weighted by molar-refractivity contribution is 5.46. The molecule has 0 radical (unpaired) electrons. The van der Waals surface area contributed by atoms with Crippen LogP contribution in [0, 0.1) is 0 Å². The lowest BCUT2D eigenvalue weighted by atomic mass is 10.2. The van der Waals surface area contributed by atoms with Gasteiger partial charge >= 0.3 is 0 Å². The summed E-state index contributed by atoms with van der Waals surface area (Å²) in [5, 5.41) is 8.82. The third kappa shape index (κ3) is 1.58. The van der Waals surface area contributed by atoms with Crippen LogP contribution in [0.1, 0.15) is 12.5 Å². The van der Waals surface area contributed by atoms with Crippen LogP contribution in [0.3, 0.4) is 0 Å². The van der Waals surface area contributed by atoms with Crippen LogP contribution < -0.4 is 4.73 Å². The van der Waals surface area contributed by atoms with Gasteiger partial charge in [0.1, 0.15) is 0 Å². The van der Waals surface area contributed by atoms with E-state index in [9.17, 15) is 0 Å². The number of nitrogens with zero attached hydrogens (tertiary/aromatic N) is 1. The zero-order valence-electron chi connectivity index (χ0n) is 5.86. The van der Waals surface area contributed by atoms with Crippen LogP contribution in [0.4, 0.5) is 0 Å². The van der Waals surface area contributed by atoms with Crippen molar-refractivity contribution in [1.29, 1.82) is 0 Å². The fraction of sp³-hybridized carbons (Fsp3) is 0.125. The minimum atomic E-state index is 1.02. The van der Waals surface area contributed by atoms with E-state index >= 15 is 0 Å². The van der Waals surface area contributed by atoms with Crippen molar-refractivity contribution in [3.05, 3.63) is 36.2 Å². The summed E-state index contributed by atoms with van der Waals surface area (Å²) in [5.41, 5.74) is 1.09. The summed E-state index contributed by atoms with van der Waals surface area (Å²) in [6, 6.07) is 3.67. The molecular formula is C8H10NO+. The molecule has 0 aliphatic heterocycles. The Labute approximate surface area is 60.0 Å². The van der Waals surface area contributed by atoms with Gasteiger partial charge in [-0.15, -0.1) is 0 Å². The van der Waals surface area contributed by atoms with Crippen LogP contribution in [0.5, 0.6) is 0 Å². The summed E-state index contributed by atoms with van der Waals surface area (Å²) < 4.78 is 1.02. The SMILES string of the molecule is C/C=C/c1cc[n+](O)cc1. The molecule has 0 bridgehead atoms. The maximum atomic E-state index is 8.82. The van der Waals surface area contributed by atoms with E-state index in [0.29, 0.717) is 0 Å². The molecule has 0 spiro atoms. The summed E-state index contributed by atoms with van der Waals surface area (Å²) in [4.78, 5) is 0. The van der Waals surface area contributed by atoms with Crippen LogP contribution in [-0.2, 0) is 0 Å². The van der Waals surface area contributed by atoms with Gasteiger partial charge in [-0.05, 0) is 12.5 Å². The molecule has 1 heterocycles. The Morgan fingerprint density at radius 3 is 2.50 bits per heavy atom. The van der Waals surface area contributed by atoms with Crippen molar-refractivity contribution in [2.24, 2.45) is 0 Å². The van der Waals surface area contributed by atoms with Gasteiger partial charge in [0.05, 0.1) is 0 Å². The van der Waals surface area contributed by atoms with Crippen LogP contribution in [0.15, 0.2) is 30.6 Å². The second-order valence-corrected chi connectivity index (χ2v) is 2.01. The second kappa shape index (κ2) is 3.01. The molecule has 1 aromatic rings. The number of aromatic nitrogens is 1. The first-order chi connectivity index (χ1) is 4.83. The van der Waals surface area contributed by atoms with Crippen LogP contribution in [0.2, 0.25) is 0 Å². The predicted molar refractivity (Wildman–Crippen MR) is 38.5 cm³/mol.